The monoisotopic (exact) mass is 632 g/mol. The second-order valence-corrected chi connectivity index (χ2v) is 10.3. The number of nitro groups is 1. The Morgan fingerprint density at radius 2 is 1.58 bits per heavy atom. The number of hydrogen-bond acceptors (Lipinski definition) is 16. The molecule has 43 heavy (non-hydrogen) atoms. The van der Waals surface area contributed by atoms with Crippen molar-refractivity contribution in [2.75, 3.05) is 5.73 Å². The maximum absolute atomic E-state index is 12.2. The number of azo groups is 2. The maximum atomic E-state index is 12.2. The highest BCUT2D eigenvalue weighted by Gasteiger charge is 2.25. The number of nitrogen functional groups attached to an aromatic ring is 1. The van der Waals surface area contributed by atoms with Gasteiger partial charge in [0.2, 0.25) is 0 Å². The number of hydrogen-bond donors (Lipinski definition) is 6. The average Bonchev–Trinajstić information content (AvgIpc) is 2.95. The summed E-state index contributed by atoms with van der Waals surface area (Å²) in [4.78, 5) is 20.8. The van der Waals surface area contributed by atoms with Crippen LogP contribution in [0.15, 0.2) is 84.8 Å². The van der Waals surface area contributed by atoms with Gasteiger partial charge >= 0.3 is 5.97 Å². The van der Waals surface area contributed by atoms with Crippen LogP contribution >= 0.6 is 12.0 Å². The molecule has 0 amide bonds. The zero-order valence-electron chi connectivity index (χ0n) is 20.9. The molecule has 20 heteroatoms. The normalized spacial score (nSPS) is 12.0. The average molecular weight is 633 g/mol. The molecule has 4 aromatic rings. The van der Waals surface area contributed by atoms with Crippen LogP contribution in [0.2, 0.25) is 0 Å². The molecular weight excluding hydrogens is 616 g/mol. The second kappa shape index (κ2) is 12.3. The van der Waals surface area contributed by atoms with Crippen LogP contribution in [0.1, 0.15) is 10.4 Å². The number of carboxylic acid groups (broad SMARTS) is 1. The fraction of sp³-hybridized carbons (Fsp3) is 0. The summed E-state index contributed by atoms with van der Waals surface area (Å²) in [6.07, 6.45) is 0. The van der Waals surface area contributed by atoms with Gasteiger partial charge in [-0.25, -0.2) is 10.1 Å². The van der Waals surface area contributed by atoms with E-state index in [4.69, 9.17) is 11.0 Å². The van der Waals surface area contributed by atoms with Crippen molar-refractivity contribution in [3.05, 3.63) is 70.3 Å². The highest BCUT2D eigenvalue weighted by molar-refractivity contribution is 7.94. The summed E-state index contributed by atoms with van der Waals surface area (Å²) in [6, 6.07) is 10.1. The highest BCUT2D eigenvalue weighted by Crippen LogP contribution is 2.48. The summed E-state index contributed by atoms with van der Waals surface area (Å²) < 4.78 is 38.4. The van der Waals surface area contributed by atoms with Crippen molar-refractivity contribution in [2.24, 2.45) is 20.5 Å². The first kappa shape index (κ1) is 30.7. The van der Waals surface area contributed by atoms with Crippen LogP contribution in [0.4, 0.5) is 34.1 Å². The minimum absolute atomic E-state index is 0.0979. The number of non-ortho nitro benzene ring substituents is 1. The largest absolute Gasteiger partial charge is 0.505 e. The van der Waals surface area contributed by atoms with E-state index in [1.807, 2.05) is 0 Å². The minimum Gasteiger partial charge on any atom is -0.505 e. The van der Waals surface area contributed by atoms with Gasteiger partial charge in [-0.3, -0.25) is 14.7 Å². The summed E-state index contributed by atoms with van der Waals surface area (Å²) in [5.74, 6) is -3.06. The van der Waals surface area contributed by atoms with Gasteiger partial charge < -0.3 is 21.1 Å². The first-order chi connectivity index (χ1) is 20.3. The number of benzene rings is 4. The Labute approximate surface area is 243 Å². The van der Waals surface area contributed by atoms with E-state index in [0.29, 0.717) is 0 Å². The number of aromatic carboxylic acids is 1. The molecule has 222 valence electrons. The Kier molecular flexibility index (Phi) is 8.80. The summed E-state index contributed by atoms with van der Waals surface area (Å²) in [5.41, 5.74) is 3.62. The van der Waals surface area contributed by atoms with Gasteiger partial charge in [0.15, 0.2) is 11.5 Å². The third-order valence-corrected chi connectivity index (χ3v) is 7.03. The molecule has 0 aromatic heterocycles. The number of rotatable bonds is 10. The Morgan fingerprint density at radius 1 is 0.930 bits per heavy atom. The topological polar surface area (TPSA) is 289 Å². The molecule has 0 aliphatic heterocycles. The molecule has 0 radical (unpaired) electrons. The van der Waals surface area contributed by atoms with Crippen LogP contribution in [-0.4, -0.2) is 44.4 Å². The standard InChI is InChI=1S/C23H16N6O12S2/c24-11-2-5-14(13(8-11)23(32)33)25-27-16-4-1-10-7-18(43(37,38)39)20(22(31)19(10)21(16)30)28-26-15-6-3-12(29(34)35)9-17(15)42-41-40-36/h1-9,30-31,36H,24H2,(H,32,33)(H,37,38,39)/b27-25+,28-26+. The summed E-state index contributed by atoms with van der Waals surface area (Å²) in [7, 11) is -5.06. The smallest absolute Gasteiger partial charge is 0.338 e. The van der Waals surface area contributed by atoms with Crippen LogP contribution in [0.25, 0.3) is 10.8 Å². The number of anilines is 1. The SMILES string of the molecule is Nc1ccc(/N=N/c2ccc3cc(S(=O)(=O)O)c(/N=N/c4ccc([N+](=O)[O-])cc4SOOO)c(O)c3c2O)c(C(=O)O)c1. The molecule has 18 nitrogen and oxygen atoms in total. The number of nitro benzene ring substituents is 1. The van der Waals surface area contributed by atoms with Crippen molar-refractivity contribution in [1.82, 2.24) is 0 Å². The van der Waals surface area contributed by atoms with Gasteiger partial charge in [0, 0.05) is 17.8 Å². The molecule has 0 saturated heterocycles. The number of nitrogens with zero attached hydrogens (tertiary/aromatic N) is 5. The predicted octanol–water partition coefficient (Wildman–Crippen LogP) is 5.95. The molecular formula is C23H16N6O12S2. The third kappa shape index (κ3) is 6.64. The molecule has 0 saturated carbocycles. The van der Waals surface area contributed by atoms with Crippen molar-refractivity contribution in [1.29, 1.82) is 0 Å². The molecule has 0 atom stereocenters. The van der Waals surface area contributed by atoms with Gasteiger partial charge in [-0.1, -0.05) is 11.1 Å². The quantitative estimate of drug-likeness (QED) is 0.0224. The van der Waals surface area contributed by atoms with Gasteiger partial charge in [0.05, 0.1) is 32.8 Å². The van der Waals surface area contributed by atoms with Gasteiger partial charge in [-0.2, -0.15) is 8.42 Å². The minimum atomic E-state index is -5.06. The summed E-state index contributed by atoms with van der Waals surface area (Å²) >= 11 is 0.275. The van der Waals surface area contributed by atoms with Crippen molar-refractivity contribution >= 4 is 73.0 Å². The van der Waals surface area contributed by atoms with E-state index in [0.717, 1.165) is 30.3 Å². The number of fused-ring (bicyclic) bond motifs is 1. The third-order valence-electron chi connectivity index (χ3n) is 5.53. The Hall–Kier alpha value is -5.25. The number of carbonyl (C=O) groups is 1. The van der Waals surface area contributed by atoms with Gasteiger partial charge in [-0.05, 0) is 41.8 Å². The van der Waals surface area contributed by atoms with Crippen LogP contribution in [0.3, 0.4) is 0 Å². The number of phenols is 2. The fourth-order valence-electron chi connectivity index (χ4n) is 3.62. The van der Waals surface area contributed by atoms with Crippen molar-refractivity contribution in [3.8, 4) is 11.5 Å². The molecule has 4 rings (SSSR count). The molecule has 0 heterocycles. The molecule has 0 spiro atoms. The van der Waals surface area contributed by atoms with Crippen molar-refractivity contribution in [3.63, 3.8) is 0 Å². The van der Waals surface area contributed by atoms with E-state index < -0.39 is 54.2 Å². The molecule has 0 bridgehead atoms. The van der Waals surface area contributed by atoms with Gasteiger partial charge in [0.1, 0.15) is 27.6 Å². The van der Waals surface area contributed by atoms with Crippen LogP contribution in [-0.2, 0) is 19.5 Å². The molecule has 0 aliphatic rings. The van der Waals surface area contributed by atoms with E-state index >= 15 is 0 Å². The predicted molar refractivity (Wildman–Crippen MR) is 147 cm³/mol. The van der Waals surface area contributed by atoms with Crippen LogP contribution < -0.4 is 5.73 Å². The van der Waals surface area contributed by atoms with E-state index in [2.05, 4.69) is 29.8 Å². The summed E-state index contributed by atoms with van der Waals surface area (Å²) in [5, 5.41) is 69.0. The van der Waals surface area contributed by atoms with Crippen molar-refractivity contribution < 1.29 is 52.6 Å². The maximum Gasteiger partial charge on any atom is 0.338 e. The van der Waals surface area contributed by atoms with Crippen LogP contribution in [0.5, 0.6) is 11.5 Å². The molecule has 0 unspecified atom stereocenters. The lowest BCUT2D eigenvalue weighted by atomic mass is 10.1. The first-order valence-corrected chi connectivity index (χ1v) is 13.4. The van der Waals surface area contributed by atoms with E-state index in [9.17, 15) is 43.2 Å². The molecule has 0 aliphatic carbocycles. The van der Waals surface area contributed by atoms with Crippen LogP contribution in [0, 0.1) is 10.1 Å². The number of aromatic hydroxyl groups is 2. The van der Waals surface area contributed by atoms with E-state index in [-0.39, 0.29) is 50.6 Å². The van der Waals surface area contributed by atoms with E-state index in [1.165, 1.54) is 24.3 Å². The number of carboxylic acids is 1. The van der Waals surface area contributed by atoms with Crippen molar-refractivity contribution in [2.45, 2.75) is 9.79 Å². The number of nitrogens with two attached hydrogens (primary N) is 1. The molecule has 0 fully saturated rings. The lowest BCUT2D eigenvalue weighted by Crippen LogP contribution is -1.99. The van der Waals surface area contributed by atoms with Gasteiger partial charge in [-0.15, -0.1) is 24.8 Å². The second-order valence-electron chi connectivity index (χ2n) is 8.20. The highest BCUT2D eigenvalue weighted by atomic mass is 32.2. The molecule has 4 aromatic carbocycles. The first-order valence-electron chi connectivity index (χ1n) is 11.2. The van der Waals surface area contributed by atoms with Gasteiger partial charge in [0.25, 0.3) is 15.8 Å². The Morgan fingerprint density at radius 3 is 2.23 bits per heavy atom. The summed E-state index contributed by atoms with van der Waals surface area (Å²) in [6.45, 7) is 0. The molecule has 7 N–H and O–H groups in total. The zero-order chi connectivity index (χ0) is 31.5. The lowest BCUT2D eigenvalue weighted by Gasteiger charge is -2.11. The lowest BCUT2D eigenvalue weighted by molar-refractivity contribution is -0.432. The van der Waals surface area contributed by atoms with E-state index in [1.54, 1.807) is 0 Å². The number of phenolic OH excluding ortho intramolecular Hbond substituents is 2. The fourth-order valence-corrected chi connectivity index (χ4v) is 4.75. The Balaban J connectivity index is 1.87. The zero-order valence-corrected chi connectivity index (χ0v) is 22.6. The Bertz CT molecular complexity index is 1950.